The molecule has 7 nitrogen and oxygen atoms in total. The van der Waals surface area contributed by atoms with Crippen molar-refractivity contribution in [3.8, 4) is 11.5 Å². The van der Waals surface area contributed by atoms with E-state index in [4.69, 9.17) is 9.47 Å². The molecular weight excluding hydrogens is 380 g/mol. The van der Waals surface area contributed by atoms with Crippen LogP contribution in [0.1, 0.15) is 18.7 Å². The van der Waals surface area contributed by atoms with Crippen LogP contribution in [-0.2, 0) is 6.54 Å². The Bertz CT molecular complexity index is 1040. The van der Waals surface area contributed by atoms with E-state index >= 15 is 0 Å². The second kappa shape index (κ2) is 8.65. The van der Waals surface area contributed by atoms with Gasteiger partial charge >= 0.3 is 6.03 Å². The molecule has 0 unspecified atom stereocenters. The number of rotatable bonds is 5. The molecule has 3 aromatic rings. The van der Waals surface area contributed by atoms with Gasteiger partial charge in [-0.1, -0.05) is 18.2 Å². The summed E-state index contributed by atoms with van der Waals surface area (Å²) >= 11 is 0. The number of benzene rings is 2. The van der Waals surface area contributed by atoms with Gasteiger partial charge in [-0.3, -0.25) is 0 Å². The van der Waals surface area contributed by atoms with Crippen LogP contribution in [0.15, 0.2) is 42.5 Å². The smallest absolute Gasteiger partial charge is 0.321 e. The third-order valence-electron chi connectivity index (χ3n) is 5.83. The molecule has 1 N–H and O–H groups in total. The Kier molecular flexibility index (Phi) is 5.79. The standard InChI is InChI=1S/C23H28N4O3/c1-16-24-18-7-4-5-9-20(18)27(16)15-17-11-13-26(14-12-17)23(28)25-19-8-6-10-21(29-2)22(19)30-3/h4-10,17H,11-15H2,1-3H3,(H,25,28). The van der Waals surface area contributed by atoms with Crippen LogP contribution in [0, 0.1) is 12.8 Å². The SMILES string of the molecule is COc1cccc(NC(=O)N2CCC(Cn3c(C)nc4ccccc43)CC2)c1OC. The maximum absolute atomic E-state index is 12.8. The molecule has 0 aliphatic carbocycles. The first-order valence-corrected chi connectivity index (χ1v) is 10.3. The van der Waals surface area contributed by atoms with Gasteiger partial charge in [-0.05, 0) is 49.9 Å². The molecule has 1 aromatic heterocycles. The maximum Gasteiger partial charge on any atom is 0.321 e. The van der Waals surface area contributed by atoms with Crippen molar-refractivity contribution in [1.29, 1.82) is 0 Å². The molecule has 2 amide bonds. The van der Waals surface area contributed by atoms with Gasteiger partial charge in [-0.2, -0.15) is 0 Å². The second-order valence-corrected chi connectivity index (χ2v) is 7.66. The number of hydrogen-bond acceptors (Lipinski definition) is 4. The quantitative estimate of drug-likeness (QED) is 0.683. The Balaban J connectivity index is 1.38. The molecule has 0 radical (unpaired) electrons. The van der Waals surface area contributed by atoms with E-state index in [9.17, 15) is 4.79 Å². The summed E-state index contributed by atoms with van der Waals surface area (Å²) in [4.78, 5) is 19.3. The van der Waals surface area contributed by atoms with Crippen LogP contribution in [0.25, 0.3) is 11.0 Å². The molecule has 4 rings (SSSR count). The van der Waals surface area contributed by atoms with Gasteiger partial charge in [0.05, 0.1) is 30.9 Å². The Morgan fingerprint density at radius 1 is 1.10 bits per heavy atom. The van der Waals surface area contributed by atoms with Crippen molar-refractivity contribution >= 4 is 22.8 Å². The van der Waals surface area contributed by atoms with Gasteiger partial charge in [0.25, 0.3) is 0 Å². The van der Waals surface area contributed by atoms with Gasteiger partial charge in [0.15, 0.2) is 11.5 Å². The van der Waals surface area contributed by atoms with Crippen molar-refractivity contribution < 1.29 is 14.3 Å². The van der Waals surface area contributed by atoms with E-state index in [-0.39, 0.29) is 6.03 Å². The van der Waals surface area contributed by atoms with Crippen LogP contribution in [0.3, 0.4) is 0 Å². The number of para-hydroxylation sites is 3. The number of anilines is 1. The Hall–Kier alpha value is -3.22. The zero-order valence-corrected chi connectivity index (χ0v) is 17.7. The van der Waals surface area contributed by atoms with Crippen molar-refractivity contribution in [3.05, 3.63) is 48.3 Å². The van der Waals surface area contributed by atoms with Crippen LogP contribution in [0.2, 0.25) is 0 Å². The summed E-state index contributed by atoms with van der Waals surface area (Å²) in [6.45, 7) is 4.46. The molecule has 1 fully saturated rings. The number of nitrogens with zero attached hydrogens (tertiary/aromatic N) is 3. The minimum Gasteiger partial charge on any atom is -0.493 e. The number of amides is 2. The first kappa shape index (κ1) is 20.1. The Morgan fingerprint density at radius 2 is 1.87 bits per heavy atom. The highest BCUT2D eigenvalue weighted by Crippen LogP contribution is 2.35. The summed E-state index contributed by atoms with van der Waals surface area (Å²) in [6, 6.07) is 13.6. The number of likely N-dealkylation sites (tertiary alicyclic amines) is 1. The van der Waals surface area contributed by atoms with Gasteiger partial charge < -0.3 is 24.3 Å². The third-order valence-corrected chi connectivity index (χ3v) is 5.83. The summed E-state index contributed by atoms with van der Waals surface area (Å²) in [7, 11) is 3.15. The number of nitrogens with one attached hydrogen (secondary N) is 1. The Morgan fingerprint density at radius 3 is 2.60 bits per heavy atom. The van der Waals surface area contributed by atoms with E-state index in [0.29, 0.717) is 23.1 Å². The van der Waals surface area contributed by atoms with Gasteiger partial charge in [0, 0.05) is 19.6 Å². The fraction of sp³-hybridized carbons (Fsp3) is 0.391. The van der Waals surface area contributed by atoms with Crippen molar-refractivity contribution in [3.63, 3.8) is 0 Å². The molecule has 1 saturated heterocycles. The largest absolute Gasteiger partial charge is 0.493 e. The number of urea groups is 1. The minimum absolute atomic E-state index is 0.107. The molecule has 0 saturated carbocycles. The molecule has 158 valence electrons. The molecule has 7 heteroatoms. The fourth-order valence-corrected chi connectivity index (χ4v) is 4.18. The molecule has 2 aromatic carbocycles. The summed E-state index contributed by atoms with van der Waals surface area (Å²) in [5, 5.41) is 2.97. The number of aryl methyl sites for hydroxylation is 1. The molecule has 30 heavy (non-hydrogen) atoms. The molecular formula is C23H28N4O3. The number of ether oxygens (including phenoxy) is 2. The average Bonchev–Trinajstić information content (AvgIpc) is 3.09. The number of fused-ring (bicyclic) bond motifs is 1. The highest BCUT2D eigenvalue weighted by atomic mass is 16.5. The normalized spacial score (nSPS) is 14.7. The number of methoxy groups -OCH3 is 2. The van der Waals surface area contributed by atoms with Gasteiger partial charge in [0.1, 0.15) is 5.82 Å². The lowest BCUT2D eigenvalue weighted by Gasteiger charge is -2.32. The van der Waals surface area contributed by atoms with Crippen LogP contribution in [0.5, 0.6) is 11.5 Å². The highest BCUT2D eigenvalue weighted by Gasteiger charge is 2.25. The molecule has 2 heterocycles. The summed E-state index contributed by atoms with van der Waals surface area (Å²) in [5.74, 6) is 2.70. The number of imidazole rings is 1. The summed E-state index contributed by atoms with van der Waals surface area (Å²) in [5.41, 5.74) is 2.84. The topological polar surface area (TPSA) is 68.6 Å². The molecule has 0 bridgehead atoms. The molecule has 1 aliphatic heterocycles. The maximum atomic E-state index is 12.8. The number of carbonyl (C=O) groups excluding carboxylic acids is 1. The van der Waals surface area contributed by atoms with E-state index < -0.39 is 0 Å². The first-order valence-electron chi connectivity index (χ1n) is 10.3. The average molecular weight is 409 g/mol. The van der Waals surface area contributed by atoms with Crippen LogP contribution in [-0.4, -0.2) is 47.8 Å². The Labute approximate surface area is 176 Å². The van der Waals surface area contributed by atoms with E-state index in [0.717, 1.165) is 43.8 Å². The van der Waals surface area contributed by atoms with Crippen molar-refractivity contribution in [1.82, 2.24) is 14.5 Å². The van der Waals surface area contributed by atoms with Crippen molar-refractivity contribution in [2.24, 2.45) is 5.92 Å². The van der Waals surface area contributed by atoms with E-state index in [1.807, 2.05) is 29.2 Å². The lowest BCUT2D eigenvalue weighted by atomic mass is 9.96. The third kappa shape index (κ3) is 3.92. The second-order valence-electron chi connectivity index (χ2n) is 7.66. The van der Waals surface area contributed by atoms with Crippen LogP contribution >= 0.6 is 0 Å². The summed E-state index contributed by atoms with van der Waals surface area (Å²) < 4.78 is 13.0. The number of carbonyl (C=O) groups is 1. The molecule has 0 spiro atoms. The number of aromatic nitrogens is 2. The zero-order chi connectivity index (χ0) is 21.1. The van der Waals surface area contributed by atoms with Crippen molar-refractivity contribution in [2.75, 3.05) is 32.6 Å². The van der Waals surface area contributed by atoms with Gasteiger partial charge in [-0.15, -0.1) is 0 Å². The fourth-order valence-electron chi connectivity index (χ4n) is 4.18. The van der Waals surface area contributed by atoms with Crippen LogP contribution in [0.4, 0.5) is 10.5 Å². The molecule has 0 atom stereocenters. The number of hydrogen-bond donors (Lipinski definition) is 1. The minimum atomic E-state index is -0.107. The number of piperidine rings is 1. The monoisotopic (exact) mass is 408 g/mol. The lowest BCUT2D eigenvalue weighted by Crippen LogP contribution is -2.41. The van der Waals surface area contributed by atoms with E-state index in [2.05, 4.69) is 40.0 Å². The zero-order valence-electron chi connectivity index (χ0n) is 17.7. The lowest BCUT2D eigenvalue weighted by molar-refractivity contribution is 0.177. The van der Waals surface area contributed by atoms with Gasteiger partial charge in [0.2, 0.25) is 0 Å². The highest BCUT2D eigenvalue weighted by molar-refractivity contribution is 5.91. The summed E-state index contributed by atoms with van der Waals surface area (Å²) in [6.07, 6.45) is 1.93. The first-order chi connectivity index (χ1) is 14.6. The van der Waals surface area contributed by atoms with E-state index in [1.165, 1.54) is 5.52 Å². The molecule has 1 aliphatic rings. The predicted molar refractivity (Wildman–Crippen MR) is 117 cm³/mol. The van der Waals surface area contributed by atoms with Gasteiger partial charge in [-0.25, -0.2) is 9.78 Å². The van der Waals surface area contributed by atoms with Crippen molar-refractivity contribution in [2.45, 2.75) is 26.3 Å². The van der Waals surface area contributed by atoms with Crippen LogP contribution < -0.4 is 14.8 Å². The van der Waals surface area contributed by atoms with E-state index in [1.54, 1.807) is 14.2 Å². The predicted octanol–water partition coefficient (Wildman–Crippen LogP) is 4.31.